The first kappa shape index (κ1) is 23.6. The number of nitrogens with zero attached hydrogens (tertiary/aromatic N) is 1. The minimum atomic E-state index is -4.47. The Bertz CT molecular complexity index is 1230. The molecule has 1 aliphatic heterocycles. The van der Waals surface area contributed by atoms with E-state index >= 15 is 0 Å². The molecule has 5 nitrogen and oxygen atoms in total. The normalized spacial score (nSPS) is 15.9. The molecule has 0 saturated carbocycles. The number of benzene rings is 3. The van der Waals surface area contributed by atoms with Crippen molar-refractivity contribution in [1.29, 1.82) is 0 Å². The van der Waals surface area contributed by atoms with Crippen LogP contribution >= 0.6 is 11.6 Å². The highest BCUT2D eigenvalue weighted by Gasteiger charge is 2.32. The van der Waals surface area contributed by atoms with Crippen LogP contribution in [0.25, 0.3) is 0 Å². The van der Waals surface area contributed by atoms with Gasteiger partial charge in [-0.05, 0) is 67.1 Å². The molecule has 3 aromatic carbocycles. The molecule has 0 bridgehead atoms. The summed E-state index contributed by atoms with van der Waals surface area (Å²) in [6.45, 7) is 1.68. The maximum Gasteiger partial charge on any atom is 0.416 e. The van der Waals surface area contributed by atoms with Gasteiger partial charge in [0, 0.05) is 34.9 Å². The fourth-order valence-corrected chi connectivity index (χ4v) is 3.81. The highest BCUT2D eigenvalue weighted by atomic mass is 35.5. The average molecular weight is 489 g/mol. The van der Waals surface area contributed by atoms with E-state index in [-0.39, 0.29) is 24.9 Å². The van der Waals surface area contributed by atoms with E-state index in [9.17, 15) is 22.8 Å². The number of hydrogen-bond acceptors (Lipinski definition) is 3. The van der Waals surface area contributed by atoms with Crippen LogP contribution in [0.5, 0.6) is 5.75 Å². The molecule has 1 heterocycles. The van der Waals surface area contributed by atoms with Crippen molar-refractivity contribution in [2.45, 2.75) is 32.3 Å². The van der Waals surface area contributed by atoms with Crippen LogP contribution in [0, 0.1) is 0 Å². The summed E-state index contributed by atoms with van der Waals surface area (Å²) in [7, 11) is 0. The maximum atomic E-state index is 13.1. The molecule has 1 atom stereocenters. The quantitative estimate of drug-likeness (QED) is 0.496. The summed E-state index contributed by atoms with van der Waals surface area (Å²) in [4.78, 5) is 26.9. The fourth-order valence-electron chi connectivity index (χ4n) is 3.68. The summed E-state index contributed by atoms with van der Waals surface area (Å²) in [6.07, 6.45) is -5.29. The van der Waals surface area contributed by atoms with E-state index in [2.05, 4.69) is 5.32 Å². The smallest absolute Gasteiger partial charge is 0.416 e. The summed E-state index contributed by atoms with van der Waals surface area (Å²) in [6, 6.07) is 16.3. The monoisotopic (exact) mass is 488 g/mol. The number of carbonyl (C=O) groups is 2. The molecule has 1 unspecified atom stereocenters. The van der Waals surface area contributed by atoms with Crippen molar-refractivity contribution < 1.29 is 27.5 Å². The number of amides is 2. The maximum absolute atomic E-state index is 13.1. The van der Waals surface area contributed by atoms with Crippen LogP contribution in [0.2, 0.25) is 5.02 Å². The predicted molar refractivity (Wildman–Crippen MR) is 122 cm³/mol. The SMILES string of the molecule is CC1Oc2ccc(NC(=O)c3ccc(Cl)cc3)cc2CN(Cc2cccc(C(F)(F)F)c2)C1=O. The lowest BCUT2D eigenvalue weighted by Gasteiger charge is -2.22. The number of halogens is 4. The van der Waals surface area contributed by atoms with Crippen molar-refractivity contribution in [3.05, 3.63) is 94.0 Å². The van der Waals surface area contributed by atoms with Crippen LogP contribution in [-0.2, 0) is 24.1 Å². The van der Waals surface area contributed by atoms with Crippen LogP contribution in [0.4, 0.5) is 18.9 Å². The van der Waals surface area contributed by atoms with E-state index in [0.29, 0.717) is 33.1 Å². The molecule has 34 heavy (non-hydrogen) atoms. The lowest BCUT2D eigenvalue weighted by molar-refractivity contribution is -0.138. The first-order valence-electron chi connectivity index (χ1n) is 10.4. The summed E-state index contributed by atoms with van der Waals surface area (Å²) in [5.41, 5.74) is 1.11. The molecule has 0 radical (unpaired) electrons. The molecule has 2 amide bonds. The summed E-state index contributed by atoms with van der Waals surface area (Å²) in [5, 5.41) is 3.31. The van der Waals surface area contributed by atoms with Crippen LogP contribution < -0.4 is 10.1 Å². The molecule has 3 aromatic rings. The lowest BCUT2D eigenvalue weighted by atomic mass is 10.1. The van der Waals surface area contributed by atoms with Crippen LogP contribution in [-0.4, -0.2) is 22.8 Å². The Morgan fingerprint density at radius 3 is 2.56 bits per heavy atom. The number of fused-ring (bicyclic) bond motifs is 1. The van der Waals surface area contributed by atoms with E-state index in [1.54, 1.807) is 55.5 Å². The molecule has 4 rings (SSSR count). The number of hydrogen-bond donors (Lipinski definition) is 1. The third-order valence-electron chi connectivity index (χ3n) is 5.38. The van der Waals surface area contributed by atoms with Crippen molar-refractivity contribution in [3.8, 4) is 5.75 Å². The standard InChI is InChI=1S/C25H20ClF3N2O3/c1-15-24(33)31(13-16-3-2-4-19(11-16)25(27,28)29)14-18-12-21(9-10-22(18)34-15)30-23(32)17-5-7-20(26)8-6-17/h2-12,15H,13-14H2,1H3,(H,30,32). The number of carbonyl (C=O) groups excluding carboxylic acids is 2. The highest BCUT2D eigenvalue weighted by molar-refractivity contribution is 6.30. The van der Waals surface area contributed by atoms with Gasteiger partial charge in [0.2, 0.25) is 0 Å². The van der Waals surface area contributed by atoms with Gasteiger partial charge < -0.3 is 15.0 Å². The number of anilines is 1. The van der Waals surface area contributed by atoms with Crippen LogP contribution in [0.3, 0.4) is 0 Å². The molecule has 9 heteroatoms. The van der Waals surface area contributed by atoms with Gasteiger partial charge in [-0.1, -0.05) is 23.7 Å². The Morgan fingerprint density at radius 1 is 1.12 bits per heavy atom. The van der Waals surface area contributed by atoms with E-state index in [1.165, 1.54) is 11.0 Å². The molecule has 1 N–H and O–H groups in total. The molecule has 0 saturated heterocycles. The van der Waals surface area contributed by atoms with Crippen molar-refractivity contribution >= 4 is 29.1 Å². The van der Waals surface area contributed by atoms with Crippen LogP contribution in [0.15, 0.2) is 66.7 Å². The van der Waals surface area contributed by atoms with Gasteiger partial charge in [-0.3, -0.25) is 9.59 Å². The Balaban J connectivity index is 1.56. The molecule has 176 valence electrons. The third-order valence-corrected chi connectivity index (χ3v) is 5.63. The summed E-state index contributed by atoms with van der Waals surface area (Å²) >= 11 is 5.86. The molecular weight excluding hydrogens is 469 g/mol. The van der Waals surface area contributed by atoms with E-state index in [1.807, 2.05) is 0 Å². The predicted octanol–water partition coefficient (Wildman–Crippen LogP) is 5.92. The first-order chi connectivity index (χ1) is 16.1. The largest absolute Gasteiger partial charge is 0.481 e. The van der Waals surface area contributed by atoms with Gasteiger partial charge >= 0.3 is 6.18 Å². The van der Waals surface area contributed by atoms with Gasteiger partial charge in [0.25, 0.3) is 11.8 Å². The summed E-state index contributed by atoms with van der Waals surface area (Å²) < 4.78 is 45.1. The van der Waals surface area contributed by atoms with Crippen molar-refractivity contribution in [2.24, 2.45) is 0 Å². The summed E-state index contributed by atoms with van der Waals surface area (Å²) in [5.74, 6) is -0.214. The number of alkyl halides is 3. The average Bonchev–Trinajstić information content (AvgIpc) is 2.90. The van der Waals surface area contributed by atoms with Gasteiger partial charge in [0.05, 0.1) is 5.56 Å². The number of ether oxygens (including phenoxy) is 1. The minimum absolute atomic E-state index is 0.0166. The van der Waals surface area contributed by atoms with Crippen molar-refractivity contribution in [2.75, 3.05) is 5.32 Å². The Labute approximate surface area is 199 Å². The molecule has 0 aromatic heterocycles. The van der Waals surface area contributed by atoms with Crippen molar-refractivity contribution in [3.63, 3.8) is 0 Å². The first-order valence-corrected chi connectivity index (χ1v) is 10.8. The zero-order valence-corrected chi connectivity index (χ0v) is 18.8. The van der Waals surface area contributed by atoms with Gasteiger partial charge in [-0.15, -0.1) is 0 Å². The molecule has 1 aliphatic rings. The zero-order chi connectivity index (χ0) is 24.5. The Hall–Kier alpha value is -3.52. The Kier molecular flexibility index (Phi) is 6.52. The highest BCUT2D eigenvalue weighted by Crippen LogP contribution is 2.32. The second-order valence-electron chi connectivity index (χ2n) is 7.94. The van der Waals surface area contributed by atoms with Gasteiger partial charge in [-0.25, -0.2) is 0 Å². The van der Waals surface area contributed by atoms with E-state index in [0.717, 1.165) is 12.1 Å². The van der Waals surface area contributed by atoms with Gasteiger partial charge in [0.1, 0.15) is 5.75 Å². The topological polar surface area (TPSA) is 58.6 Å². The Morgan fingerprint density at radius 2 is 1.85 bits per heavy atom. The van der Waals surface area contributed by atoms with Crippen LogP contribution in [0.1, 0.15) is 34.0 Å². The third kappa shape index (κ3) is 5.34. The lowest BCUT2D eigenvalue weighted by Crippen LogP contribution is -2.37. The van der Waals surface area contributed by atoms with Gasteiger partial charge in [0.15, 0.2) is 6.10 Å². The van der Waals surface area contributed by atoms with Crippen molar-refractivity contribution in [1.82, 2.24) is 4.90 Å². The fraction of sp³-hybridized carbons (Fsp3) is 0.200. The minimum Gasteiger partial charge on any atom is -0.481 e. The molecule has 0 fully saturated rings. The van der Waals surface area contributed by atoms with E-state index < -0.39 is 17.8 Å². The molecule has 0 spiro atoms. The molecule has 0 aliphatic carbocycles. The van der Waals surface area contributed by atoms with Gasteiger partial charge in [-0.2, -0.15) is 13.2 Å². The molecular formula is C25H20ClF3N2O3. The number of nitrogens with one attached hydrogen (secondary N) is 1. The second kappa shape index (κ2) is 9.38. The second-order valence-corrected chi connectivity index (χ2v) is 8.37. The number of rotatable bonds is 4. The zero-order valence-electron chi connectivity index (χ0n) is 18.0. The van der Waals surface area contributed by atoms with E-state index in [4.69, 9.17) is 16.3 Å².